The predicted octanol–water partition coefficient (Wildman–Crippen LogP) is 6.36. The summed E-state index contributed by atoms with van der Waals surface area (Å²) in [6, 6.07) is 15.4. The van der Waals surface area contributed by atoms with Gasteiger partial charge in [0.1, 0.15) is 5.75 Å². The van der Waals surface area contributed by atoms with Gasteiger partial charge in [-0.1, -0.05) is 44.2 Å². The van der Waals surface area contributed by atoms with Crippen LogP contribution in [-0.4, -0.2) is 17.9 Å². The molecule has 0 spiro atoms. The highest BCUT2D eigenvalue weighted by molar-refractivity contribution is 6.08. The highest BCUT2D eigenvalue weighted by Crippen LogP contribution is 2.32. The van der Waals surface area contributed by atoms with Crippen molar-refractivity contribution >= 4 is 21.5 Å². The number of ether oxygens (including phenoxy) is 1. The van der Waals surface area contributed by atoms with Gasteiger partial charge in [0.2, 0.25) is 0 Å². The Morgan fingerprint density at radius 3 is 2.19 bits per heavy atom. The first-order chi connectivity index (χ1) is 12.7. The van der Waals surface area contributed by atoms with Crippen LogP contribution in [0.2, 0.25) is 0 Å². The minimum absolute atomic E-state index is 0.0176. The molecule has 0 aromatic heterocycles. The molecule has 1 radical (unpaired) electrons. The van der Waals surface area contributed by atoms with E-state index >= 15 is 0 Å². The molecule has 1 unspecified atom stereocenters. The smallest absolute Gasteiger partial charge is 0.389 e. The fourth-order valence-electron chi connectivity index (χ4n) is 3.10. The second-order valence-corrected chi connectivity index (χ2v) is 6.98. The number of fused-ring (bicyclic) bond motifs is 3. The zero-order valence-electron chi connectivity index (χ0n) is 15.3. The zero-order chi connectivity index (χ0) is 19.6. The second kappa shape index (κ2) is 7.77. The average molecular weight is 375 g/mol. The summed E-state index contributed by atoms with van der Waals surface area (Å²) in [5.41, 5.74) is 0.812. The largest absolute Gasteiger partial charge is 0.494 e. The Balaban J connectivity index is 1.91. The number of hydrogen-bond acceptors (Lipinski definition) is 2. The van der Waals surface area contributed by atoms with Gasteiger partial charge in [-0.15, -0.1) is 0 Å². The van der Waals surface area contributed by atoms with E-state index in [2.05, 4.69) is 0 Å². The van der Waals surface area contributed by atoms with Gasteiger partial charge < -0.3 is 9.84 Å². The van der Waals surface area contributed by atoms with Crippen LogP contribution >= 0.6 is 0 Å². The molecule has 0 saturated heterocycles. The summed E-state index contributed by atoms with van der Waals surface area (Å²) < 4.78 is 42.3. The first kappa shape index (κ1) is 19.5. The molecule has 0 aliphatic rings. The lowest BCUT2D eigenvalue weighted by atomic mass is 9.94. The summed E-state index contributed by atoms with van der Waals surface area (Å²) in [6.07, 6.45) is -5.71. The predicted molar refractivity (Wildman–Crippen MR) is 102 cm³/mol. The highest BCUT2D eigenvalue weighted by Gasteiger charge is 2.26. The van der Waals surface area contributed by atoms with Gasteiger partial charge in [0.15, 0.2) is 0 Å². The third kappa shape index (κ3) is 4.72. The van der Waals surface area contributed by atoms with Crippen LogP contribution in [0.25, 0.3) is 21.5 Å². The van der Waals surface area contributed by atoms with Crippen LogP contribution in [0.1, 0.15) is 38.4 Å². The van der Waals surface area contributed by atoms with Crippen molar-refractivity contribution in [1.82, 2.24) is 0 Å². The quantitative estimate of drug-likeness (QED) is 0.401. The molecule has 1 N–H and O–H groups in total. The molecule has 3 rings (SSSR count). The standard InChI is InChI=1S/C22H22F3O2/c1-14(2)21(26)17-7-6-15-4-5-16-8-9-18(13-20(16)19(15)12-17)27-11-3-10-22(23,24)25/h4-9,12-13,21,26H,3,10-11H2,1-2H3. The van der Waals surface area contributed by atoms with Crippen LogP contribution in [0.3, 0.4) is 0 Å². The Kier molecular flexibility index (Phi) is 5.61. The van der Waals surface area contributed by atoms with E-state index in [1.165, 1.54) is 0 Å². The summed E-state index contributed by atoms with van der Waals surface area (Å²) in [7, 11) is 0. The second-order valence-electron chi connectivity index (χ2n) is 6.98. The van der Waals surface area contributed by atoms with Crippen molar-refractivity contribution in [1.29, 1.82) is 0 Å². The van der Waals surface area contributed by atoms with Crippen LogP contribution < -0.4 is 4.74 Å². The maximum atomic E-state index is 12.2. The molecule has 0 fully saturated rings. The van der Waals surface area contributed by atoms with E-state index in [9.17, 15) is 18.3 Å². The SMILES string of the molecule is C[C](C)C(O)c1ccc2ccc3ccc(OCCCC(F)(F)F)cc3c2c1. The van der Waals surface area contributed by atoms with Gasteiger partial charge in [-0.25, -0.2) is 0 Å². The molecule has 0 saturated carbocycles. The maximum absolute atomic E-state index is 12.2. The average Bonchev–Trinajstić information content (AvgIpc) is 2.63. The molecule has 27 heavy (non-hydrogen) atoms. The Morgan fingerprint density at radius 2 is 1.56 bits per heavy atom. The van der Waals surface area contributed by atoms with E-state index in [1.807, 2.05) is 56.3 Å². The lowest BCUT2D eigenvalue weighted by Crippen LogP contribution is -2.09. The molecular weight excluding hydrogens is 353 g/mol. The van der Waals surface area contributed by atoms with Crippen LogP contribution in [0.5, 0.6) is 5.75 Å². The number of alkyl halides is 3. The van der Waals surface area contributed by atoms with Crippen LogP contribution in [0.15, 0.2) is 48.5 Å². The van der Waals surface area contributed by atoms with E-state index in [4.69, 9.17) is 4.74 Å². The maximum Gasteiger partial charge on any atom is 0.389 e. The molecule has 5 heteroatoms. The van der Waals surface area contributed by atoms with Crippen molar-refractivity contribution in [3.8, 4) is 5.75 Å². The third-order valence-electron chi connectivity index (χ3n) is 4.57. The molecule has 0 aliphatic heterocycles. The Morgan fingerprint density at radius 1 is 0.963 bits per heavy atom. The third-order valence-corrected chi connectivity index (χ3v) is 4.57. The summed E-state index contributed by atoms with van der Waals surface area (Å²) in [5, 5.41) is 14.3. The van der Waals surface area contributed by atoms with Crippen molar-refractivity contribution in [3.63, 3.8) is 0 Å². The fourth-order valence-corrected chi connectivity index (χ4v) is 3.10. The Labute approximate surface area is 156 Å². The van der Waals surface area contributed by atoms with Gasteiger partial charge in [0.25, 0.3) is 0 Å². The van der Waals surface area contributed by atoms with Crippen molar-refractivity contribution in [3.05, 3.63) is 60.0 Å². The number of rotatable bonds is 6. The van der Waals surface area contributed by atoms with Gasteiger partial charge in [-0.05, 0) is 51.7 Å². The molecule has 1 atom stereocenters. The molecule has 0 heterocycles. The number of hydrogen-bond donors (Lipinski definition) is 1. The Bertz CT molecular complexity index is 932. The lowest BCUT2D eigenvalue weighted by Gasteiger charge is -2.16. The van der Waals surface area contributed by atoms with Gasteiger partial charge in [0.05, 0.1) is 12.7 Å². The minimum Gasteiger partial charge on any atom is -0.494 e. The highest BCUT2D eigenvalue weighted by atomic mass is 19.4. The topological polar surface area (TPSA) is 29.5 Å². The number of aliphatic hydroxyl groups excluding tert-OH is 1. The normalized spacial score (nSPS) is 13.4. The number of halogens is 3. The molecule has 2 nitrogen and oxygen atoms in total. The minimum atomic E-state index is -4.16. The molecule has 0 bridgehead atoms. The van der Waals surface area contributed by atoms with Gasteiger partial charge in [0, 0.05) is 12.3 Å². The summed E-state index contributed by atoms with van der Waals surface area (Å²) in [4.78, 5) is 0. The summed E-state index contributed by atoms with van der Waals surface area (Å²) in [6.45, 7) is 3.78. The van der Waals surface area contributed by atoms with E-state index < -0.39 is 18.7 Å². The van der Waals surface area contributed by atoms with Crippen molar-refractivity contribution in [2.45, 2.75) is 39.0 Å². The lowest BCUT2D eigenvalue weighted by molar-refractivity contribution is -0.136. The molecule has 0 amide bonds. The van der Waals surface area contributed by atoms with Crippen LogP contribution in [-0.2, 0) is 0 Å². The molecule has 0 aliphatic carbocycles. The van der Waals surface area contributed by atoms with Gasteiger partial charge in [-0.2, -0.15) is 13.2 Å². The van der Waals surface area contributed by atoms with Crippen molar-refractivity contribution in [2.75, 3.05) is 6.61 Å². The number of aliphatic hydroxyl groups is 1. The van der Waals surface area contributed by atoms with Gasteiger partial charge >= 0.3 is 6.18 Å². The molecule has 143 valence electrons. The van der Waals surface area contributed by atoms with E-state index in [1.54, 1.807) is 6.07 Å². The van der Waals surface area contributed by atoms with Crippen LogP contribution in [0.4, 0.5) is 13.2 Å². The van der Waals surface area contributed by atoms with E-state index in [-0.39, 0.29) is 13.0 Å². The summed E-state index contributed by atoms with van der Waals surface area (Å²) in [5.74, 6) is 1.45. The number of benzene rings is 3. The first-order valence-corrected chi connectivity index (χ1v) is 8.89. The monoisotopic (exact) mass is 375 g/mol. The molecule has 3 aromatic carbocycles. The van der Waals surface area contributed by atoms with E-state index in [0.29, 0.717) is 5.75 Å². The van der Waals surface area contributed by atoms with Crippen molar-refractivity contribution < 1.29 is 23.0 Å². The zero-order valence-corrected chi connectivity index (χ0v) is 15.3. The van der Waals surface area contributed by atoms with E-state index in [0.717, 1.165) is 33.0 Å². The van der Waals surface area contributed by atoms with Crippen molar-refractivity contribution in [2.24, 2.45) is 0 Å². The summed E-state index contributed by atoms with van der Waals surface area (Å²) >= 11 is 0. The Hall–Kier alpha value is -2.27. The first-order valence-electron chi connectivity index (χ1n) is 8.89. The van der Waals surface area contributed by atoms with Gasteiger partial charge in [-0.3, -0.25) is 0 Å². The molecule has 3 aromatic rings. The fraction of sp³-hybridized carbons (Fsp3) is 0.318. The molecular formula is C22H22F3O2. The van der Waals surface area contributed by atoms with Crippen LogP contribution in [0, 0.1) is 5.92 Å².